The molecule has 2 aromatic rings. The molecule has 2 unspecified atom stereocenters. The summed E-state index contributed by atoms with van der Waals surface area (Å²) in [5, 5.41) is 5.12. The van der Waals surface area contributed by atoms with Crippen LogP contribution in [-0.4, -0.2) is 5.12 Å². The maximum Gasteiger partial charge on any atom is 0.416 e. The number of nitrogens with one attached hydrogen (secondary N) is 2. The van der Waals surface area contributed by atoms with E-state index in [9.17, 15) is 13.2 Å². The van der Waals surface area contributed by atoms with Crippen LogP contribution in [0.3, 0.4) is 0 Å². The van der Waals surface area contributed by atoms with Crippen LogP contribution < -0.4 is 16.4 Å². The monoisotopic (exact) mass is 338 g/mol. The normalized spacial score (nSPS) is 21.6. The van der Waals surface area contributed by atoms with Crippen molar-refractivity contribution in [1.82, 2.24) is 5.32 Å². The van der Waals surface area contributed by atoms with Crippen LogP contribution in [0.2, 0.25) is 0 Å². The molecule has 0 fully saturated rings. The molecule has 3 rings (SSSR count). The Morgan fingerprint density at radius 1 is 1.30 bits per heavy atom. The predicted octanol–water partition coefficient (Wildman–Crippen LogP) is 3.94. The maximum absolute atomic E-state index is 12.8. The summed E-state index contributed by atoms with van der Waals surface area (Å²) in [6, 6.07) is 14.2. The highest BCUT2D eigenvalue weighted by Gasteiger charge is 2.38. The van der Waals surface area contributed by atoms with E-state index in [1.165, 1.54) is 0 Å². The summed E-state index contributed by atoms with van der Waals surface area (Å²) >= 11 is 1.12. The lowest BCUT2D eigenvalue weighted by Crippen LogP contribution is -2.55. The molecule has 7 heteroatoms. The molecule has 3 nitrogen and oxygen atoms in total. The summed E-state index contributed by atoms with van der Waals surface area (Å²) < 4.78 is 38.4. The lowest BCUT2D eigenvalue weighted by Gasteiger charge is -2.29. The lowest BCUT2D eigenvalue weighted by molar-refractivity contribution is -0.137. The van der Waals surface area contributed by atoms with Gasteiger partial charge in [-0.05, 0) is 24.6 Å². The summed E-state index contributed by atoms with van der Waals surface area (Å²) in [6.07, 6.45) is -4.39. The number of fused-ring (bicyclic) bond motifs is 1. The molecule has 0 saturated carbocycles. The van der Waals surface area contributed by atoms with Crippen LogP contribution in [0.4, 0.5) is 18.9 Å². The van der Waals surface area contributed by atoms with Gasteiger partial charge in [-0.1, -0.05) is 42.1 Å². The molecule has 2 aromatic carbocycles. The molecule has 0 aliphatic carbocycles. The molecule has 0 aromatic heterocycles. The molecule has 121 valence electrons. The van der Waals surface area contributed by atoms with Crippen molar-refractivity contribution in [3.8, 4) is 0 Å². The van der Waals surface area contributed by atoms with Gasteiger partial charge in [-0.25, -0.2) is 0 Å². The highest BCUT2D eigenvalue weighted by atomic mass is 32.2. The zero-order valence-corrected chi connectivity index (χ0v) is 13.1. The van der Waals surface area contributed by atoms with E-state index in [0.29, 0.717) is 10.6 Å². The Morgan fingerprint density at radius 3 is 2.65 bits per heavy atom. The second-order valence-corrected chi connectivity index (χ2v) is 6.65. The molecule has 1 aliphatic rings. The Labute approximate surface area is 136 Å². The van der Waals surface area contributed by atoms with E-state index in [0.717, 1.165) is 29.5 Å². The van der Waals surface area contributed by atoms with Crippen LogP contribution in [0.15, 0.2) is 47.4 Å². The molecule has 4 N–H and O–H groups in total. The van der Waals surface area contributed by atoms with Crippen LogP contribution in [0, 0.1) is 6.07 Å². The van der Waals surface area contributed by atoms with Gasteiger partial charge >= 0.3 is 6.18 Å². The number of benzene rings is 2. The Kier molecular flexibility index (Phi) is 4.03. The number of nitrogens with two attached hydrogens (primary N) is 1. The summed E-state index contributed by atoms with van der Waals surface area (Å²) in [6.45, 7) is 1.94. The van der Waals surface area contributed by atoms with E-state index in [4.69, 9.17) is 5.73 Å². The second-order valence-electron chi connectivity index (χ2n) is 5.36. The van der Waals surface area contributed by atoms with Crippen molar-refractivity contribution in [3.05, 3.63) is 59.7 Å². The first-order chi connectivity index (χ1) is 10.8. The van der Waals surface area contributed by atoms with Gasteiger partial charge in [0.2, 0.25) is 0 Å². The van der Waals surface area contributed by atoms with Gasteiger partial charge in [-0.15, -0.1) is 0 Å². The van der Waals surface area contributed by atoms with Crippen LogP contribution in [0.1, 0.15) is 24.1 Å². The van der Waals surface area contributed by atoms with Gasteiger partial charge in [-0.3, -0.25) is 11.1 Å². The van der Waals surface area contributed by atoms with E-state index in [2.05, 4.69) is 16.7 Å². The number of anilines is 1. The summed E-state index contributed by atoms with van der Waals surface area (Å²) in [5.74, 6) is 0. The van der Waals surface area contributed by atoms with Crippen molar-refractivity contribution in [2.45, 2.75) is 29.2 Å². The van der Waals surface area contributed by atoms with Crippen molar-refractivity contribution >= 4 is 17.4 Å². The Hall–Kier alpha value is -1.70. The van der Waals surface area contributed by atoms with Gasteiger partial charge in [0.05, 0.1) is 11.3 Å². The van der Waals surface area contributed by atoms with Gasteiger partial charge < -0.3 is 5.32 Å². The third-order valence-corrected chi connectivity index (χ3v) is 4.63. The molecule has 1 heterocycles. The number of hydrogen-bond acceptors (Lipinski definition) is 4. The van der Waals surface area contributed by atoms with Crippen LogP contribution >= 0.6 is 11.8 Å². The number of alkyl halides is 3. The minimum Gasteiger partial charge on any atom is -0.345 e. The molecule has 0 amide bonds. The van der Waals surface area contributed by atoms with Crippen LogP contribution in [0.25, 0.3) is 0 Å². The Morgan fingerprint density at radius 2 is 2.00 bits per heavy atom. The SMILES string of the molecule is CC(NC1(N)Nc2[c]cc(C(F)(F)F)cc2S1)c1ccccc1. The molecule has 0 bridgehead atoms. The van der Waals surface area contributed by atoms with Gasteiger partial charge in [0.25, 0.3) is 0 Å². The lowest BCUT2D eigenvalue weighted by atomic mass is 10.1. The first kappa shape index (κ1) is 16.2. The van der Waals surface area contributed by atoms with Crippen molar-refractivity contribution in [1.29, 1.82) is 0 Å². The molecule has 0 saturated heterocycles. The van der Waals surface area contributed by atoms with Crippen molar-refractivity contribution in [2.24, 2.45) is 5.73 Å². The van der Waals surface area contributed by atoms with Crippen molar-refractivity contribution in [3.63, 3.8) is 0 Å². The van der Waals surface area contributed by atoms with E-state index in [-0.39, 0.29) is 6.04 Å². The first-order valence-electron chi connectivity index (χ1n) is 6.98. The van der Waals surface area contributed by atoms with Gasteiger partial charge in [-0.2, -0.15) is 13.2 Å². The molecule has 1 aliphatic heterocycles. The van der Waals surface area contributed by atoms with E-state index >= 15 is 0 Å². The summed E-state index contributed by atoms with van der Waals surface area (Å²) in [5.41, 5.74) is 7.02. The number of thioether (sulfide) groups is 1. The smallest absolute Gasteiger partial charge is 0.345 e. The third kappa shape index (κ3) is 3.46. The zero-order chi connectivity index (χ0) is 16.7. The van der Waals surface area contributed by atoms with Crippen molar-refractivity contribution in [2.75, 3.05) is 5.32 Å². The standard InChI is InChI=1S/C16H15F3N3S/c1-10(11-5-3-2-4-6-11)21-16(20)22-13-8-7-12(15(17,18)19)9-14(13)23-16/h2-7,9-10,21-22H,20H2,1H3. The maximum atomic E-state index is 12.8. The van der Waals surface area contributed by atoms with E-state index < -0.39 is 16.9 Å². The summed E-state index contributed by atoms with van der Waals surface area (Å²) in [7, 11) is 0. The molecule has 1 radical (unpaired) electrons. The van der Waals surface area contributed by atoms with Crippen LogP contribution in [-0.2, 0) is 6.18 Å². The largest absolute Gasteiger partial charge is 0.416 e. The highest BCUT2D eigenvalue weighted by Crippen LogP contribution is 2.44. The Bertz CT molecular complexity index is 705. The average Bonchev–Trinajstić information content (AvgIpc) is 2.82. The third-order valence-electron chi connectivity index (χ3n) is 3.54. The molecular weight excluding hydrogens is 323 g/mol. The number of rotatable bonds is 3. The van der Waals surface area contributed by atoms with Gasteiger partial charge in [0.15, 0.2) is 5.12 Å². The first-order valence-corrected chi connectivity index (χ1v) is 7.80. The van der Waals surface area contributed by atoms with Gasteiger partial charge in [0, 0.05) is 17.0 Å². The average molecular weight is 338 g/mol. The topological polar surface area (TPSA) is 50.1 Å². The second kappa shape index (κ2) is 5.74. The minimum atomic E-state index is -4.39. The predicted molar refractivity (Wildman–Crippen MR) is 84.7 cm³/mol. The number of hydrogen-bond donors (Lipinski definition) is 3. The van der Waals surface area contributed by atoms with E-state index in [1.807, 2.05) is 37.3 Å². The van der Waals surface area contributed by atoms with Crippen molar-refractivity contribution < 1.29 is 13.2 Å². The Balaban J connectivity index is 1.77. The zero-order valence-electron chi connectivity index (χ0n) is 12.2. The van der Waals surface area contributed by atoms with Crippen LogP contribution in [0.5, 0.6) is 0 Å². The fraction of sp³-hybridized carbons (Fsp3) is 0.250. The van der Waals surface area contributed by atoms with E-state index in [1.54, 1.807) is 0 Å². The fourth-order valence-corrected chi connectivity index (χ4v) is 3.55. The highest BCUT2D eigenvalue weighted by molar-refractivity contribution is 8.01. The molecular formula is C16H15F3N3S. The van der Waals surface area contributed by atoms with Gasteiger partial charge in [0.1, 0.15) is 0 Å². The number of halogens is 3. The fourth-order valence-electron chi connectivity index (χ4n) is 2.41. The molecule has 2 atom stereocenters. The molecule has 0 spiro atoms. The minimum absolute atomic E-state index is 0.0717. The molecule has 23 heavy (non-hydrogen) atoms. The summed E-state index contributed by atoms with van der Waals surface area (Å²) in [4.78, 5) is 0.426. The quantitative estimate of drug-likeness (QED) is 0.742.